The van der Waals surface area contributed by atoms with Crippen molar-refractivity contribution in [3.63, 3.8) is 0 Å². The molecule has 0 aliphatic carbocycles. The van der Waals surface area contributed by atoms with E-state index in [0.29, 0.717) is 22.0 Å². The van der Waals surface area contributed by atoms with Crippen LogP contribution in [0.25, 0.3) is 21.3 Å². The van der Waals surface area contributed by atoms with Gasteiger partial charge in [0.05, 0.1) is 23.4 Å². The SMILES string of the molecule is Cc1nc(-c2cccs2)sc1C(=O)NCCn1nc(-c2ccco2)ccc1=O. The van der Waals surface area contributed by atoms with Gasteiger partial charge in [-0.15, -0.1) is 22.7 Å². The molecule has 0 saturated heterocycles. The zero-order valence-corrected chi connectivity index (χ0v) is 16.5. The van der Waals surface area contributed by atoms with E-state index in [1.54, 1.807) is 35.8 Å². The molecule has 28 heavy (non-hydrogen) atoms. The molecule has 9 heteroatoms. The van der Waals surface area contributed by atoms with E-state index in [0.717, 1.165) is 9.88 Å². The molecule has 0 aliphatic heterocycles. The first-order valence-corrected chi connectivity index (χ1v) is 10.2. The fraction of sp³-hybridized carbons (Fsp3) is 0.158. The summed E-state index contributed by atoms with van der Waals surface area (Å²) >= 11 is 2.96. The summed E-state index contributed by atoms with van der Waals surface area (Å²) in [7, 11) is 0. The Kier molecular flexibility index (Phi) is 5.18. The van der Waals surface area contributed by atoms with Crippen LogP contribution in [0.5, 0.6) is 0 Å². The van der Waals surface area contributed by atoms with Crippen LogP contribution in [0.2, 0.25) is 0 Å². The zero-order chi connectivity index (χ0) is 19.5. The largest absolute Gasteiger partial charge is 0.463 e. The van der Waals surface area contributed by atoms with Crippen molar-refractivity contribution in [1.29, 1.82) is 0 Å². The molecule has 0 saturated carbocycles. The van der Waals surface area contributed by atoms with Crippen molar-refractivity contribution in [2.75, 3.05) is 6.54 Å². The highest BCUT2D eigenvalue weighted by atomic mass is 32.1. The molecule has 0 fully saturated rings. The smallest absolute Gasteiger partial charge is 0.266 e. The third-order valence-corrected chi connectivity index (χ3v) is 6.18. The molecule has 7 nitrogen and oxygen atoms in total. The molecule has 0 bridgehead atoms. The average molecular weight is 412 g/mol. The van der Waals surface area contributed by atoms with E-state index in [2.05, 4.69) is 15.4 Å². The highest BCUT2D eigenvalue weighted by molar-refractivity contribution is 7.22. The number of amides is 1. The van der Waals surface area contributed by atoms with Crippen molar-refractivity contribution < 1.29 is 9.21 Å². The predicted octanol–water partition coefficient (Wildman–Crippen LogP) is 3.43. The molecule has 0 aromatic carbocycles. The number of carbonyl (C=O) groups excluding carboxylic acids is 1. The molecule has 4 aromatic heterocycles. The maximum absolute atomic E-state index is 12.5. The van der Waals surface area contributed by atoms with Crippen LogP contribution in [0, 0.1) is 6.92 Å². The van der Waals surface area contributed by atoms with Crippen molar-refractivity contribution in [3.8, 4) is 21.3 Å². The molecule has 0 radical (unpaired) electrons. The predicted molar refractivity (Wildman–Crippen MR) is 109 cm³/mol. The molecule has 142 valence electrons. The second-order valence-corrected chi connectivity index (χ2v) is 7.87. The molecule has 4 heterocycles. The van der Waals surface area contributed by atoms with Gasteiger partial charge >= 0.3 is 0 Å². The van der Waals surface area contributed by atoms with E-state index in [9.17, 15) is 9.59 Å². The van der Waals surface area contributed by atoms with Gasteiger partial charge in [-0.3, -0.25) is 9.59 Å². The highest BCUT2D eigenvalue weighted by Crippen LogP contribution is 2.30. The zero-order valence-electron chi connectivity index (χ0n) is 14.9. The summed E-state index contributed by atoms with van der Waals surface area (Å²) in [5, 5.41) is 9.95. The number of aryl methyl sites for hydroxylation is 1. The van der Waals surface area contributed by atoms with Crippen molar-refractivity contribution in [2.45, 2.75) is 13.5 Å². The van der Waals surface area contributed by atoms with Crippen LogP contribution in [-0.4, -0.2) is 27.2 Å². The second-order valence-electron chi connectivity index (χ2n) is 5.92. The Bertz CT molecular complexity index is 1140. The fourth-order valence-electron chi connectivity index (χ4n) is 2.63. The van der Waals surface area contributed by atoms with Crippen LogP contribution in [0.4, 0.5) is 0 Å². The third-order valence-electron chi connectivity index (χ3n) is 3.98. The topological polar surface area (TPSA) is 90.0 Å². The van der Waals surface area contributed by atoms with Crippen LogP contribution >= 0.6 is 22.7 Å². The van der Waals surface area contributed by atoms with Gasteiger partial charge in [0.2, 0.25) is 0 Å². The van der Waals surface area contributed by atoms with Gasteiger partial charge in [0.15, 0.2) is 5.76 Å². The van der Waals surface area contributed by atoms with Gasteiger partial charge in [0, 0.05) is 12.6 Å². The normalized spacial score (nSPS) is 10.9. The lowest BCUT2D eigenvalue weighted by Crippen LogP contribution is -2.31. The summed E-state index contributed by atoms with van der Waals surface area (Å²) in [6.07, 6.45) is 1.55. The summed E-state index contributed by atoms with van der Waals surface area (Å²) in [6, 6.07) is 10.5. The Balaban J connectivity index is 1.42. The van der Waals surface area contributed by atoms with Crippen LogP contribution < -0.4 is 10.9 Å². The molecule has 1 amide bonds. The van der Waals surface area contributed by atoms with E-state index < -0.39 is 0 Å². The Morgan fingerprint density at radius 2 is 2.14 bits per heavy atom. The number of nitrogens with zero attached hydrogens (tertiary/aromatic N) is 3. The number of hydrogen-bond acceptors (Lipinski definition) is 7. The second kappa shape index (κ2) is 7.91. The summed E-state index contributed by atoms with van der Waals surface area (Å²) in [5.74, 6) is 0.382. The number of nitrogens with one attached hydrogen (secondary N) is 1. The van der Waals surface area contributed by atoms with Crippen molar-refractivity contribution in [2.24, 2.45) is 0 Å². The standard InChI is InChI=1S/C19H16N4O3S2/c1-12-17(28-19(21-12)15-5-3-11-27-15)18(25)20-8-9-23-16(24)7-6-13(22-23)14-4-2-10-26-14/h2-7,10-11H,8-9H2,1H3,(H,20,25). The molecule has 4 rings (SSSR count). The summed E-state index contributed by atoms with van der Waals surface area (Å²) in [6.45, 7) is 2.36. The Hall–Kier alpha value is -3.04. The number of carbonyl (C=O) groups is 1. The molecule has 0 aliphatic rings. The number of thiazole rings is 1. The van der Waals surface area contributed by atoms with Gasteiger partial charge in [-0.25, -0.2) is 9.67 Å². The number of aromatic nitrogens is 3. The van der Waals surface area contributed by atoms with E-state index >= 15 is 0 Å². The first kappa shape index (κ1) is 18.3. The number of hydrogen-bond donors (Lipinski definition) is 1. The first-order valence-electron chi connectivity index (χ1n) is 8.53. The van der Waals surface area contributed by atoms with E-state index in [1.807, 2.05) is 24.4 Å². The summed E-state index contributed by atoms with van der Waals surface area (Å²) < 4.78 is 6.62. The third kappa shape index (κ3) is 3.80. The fourth-order valence-corrected chi connectivity index (χ4v) is 4.41. The molecule has 1 N–H and O–H groups in total. The molecule has 0 unspecified atom stereocenters. The van der Waals surface area contributed by atoms with Gasteiger partial charge in [0.1, 0.15) is 15.6 Å². The minimum Gasteiger partial charge on any atom is -0.463 e. The van der Waals surface area contributed by atoms with Crippen LogP contribution in [0.1, 0.15) is 15.4 Å². The van der Waals surface area contributed by atoms with Gasteiger partial charge in [-0.05, 0) is 36.6 Å². The number of rotatable bonds is 6. The Morgan fingerprint density at radius 3 is 2.89 bits per heavy atom. The monoisotopic (exact) mass is 412 g/mol. The lowest BCUT2D eigenvalue weighted by atomic mass is 10.3. The number of thiophene rings is 1. The Morgan fingerprint density at radius 1 is 1.25 bits per heavy atom. The summed E-state index contributed by atoms with van der Waals surface area (Å²) in [5.41, 5.74) is 1.02. The van der Waals surface area contributed by atoms with Gasteiger partial charge in [-0.2, -0.15) is 5.10 Å². The van der Waals surface area contributed by atoms with Crippen molar-refractivity contribution >= 4 is 28.6 Å². The summed E-state index contributed by atoms with van der Waals surface area (Å²) in [4.78, 5) is 30.6. The molecule has 4 aromatic rings. The minimum atomic E-state index is -0.237. The van der Waals surface area contributed by atoms with Crippen molar-refractivity contribution in [1.82, 2.24) is 20.1 Å². The number of furan rings is 1. The Labute approximate surface area is 168 Å². The average Bonchev–Trinajstić information content (AvgIpc) is 3.44. The van der Waals surface area contributed by atoms with E-state index in [-0.39, 0.29) is 24.6 Å². The molecular weight excluding hydrogens is 396 g/mol. The van der Waals surface area contributed by atoms with Crippen molar-refractivity contribution in [3.05, 3.63) is 69.0 Å². The maximum atomic E-state index is 12.5. The van der Waals surface area contributed by atoms with Gasteiger partial charge < -0.3 is 9.73 Å². The lowest BCUT2D eigenvalue weighted by molar-refractivity contribution is 0.0955. The quantitative estimate of drug-likeness (QED) is 0.524. The van der Waals surface area contributed by atoms with Crippen LogP contribution in [0.15, 0.2) is 57.3 Å². The van der Waals surface area contributed by atoms with Gasteiger partial charge in [-0.1, -0.05) is 6.07 Å². The maximum Gasteiger partial charge on any atom is 0.266 e. The first-order chi connectivity index (χ1) is 13.6. The highest BCUT2D eigenvalue weighted by Gasteiger charge is 2.16. The lowest BCUT2D eigenvalue weighted by Gasteiger charge is -2.07. The minimum absolute atomic E-state index is 0.201. The molecular formula is C19H16N4O3S2. The van der Waals surface area contributed by atoms with Gasteiger partial charge in [0.25, 0.3) is 11.5 Å². The van der Waals surface area contributed by atoms with Crippen LogP contribution in [-0.2, 0) is 6.54 Å². The van der Waals surface area contributed by atoms with E-state index in [1.165, 1.54) is 22.1 Å². The molecule has 0 atom stereocenters. The van der Waals surface area contributed by atoms with Crippen LogP contribution in [0.3, 0.4) is 0 Å². The molecule has 0 spiro atoms. The van der Waals surface area contributed by atoms with E-state index in [4.69, 9.17) is 4.42 Å².